The molecular weight excluding hydrogens is 356 g/mol. The number of anilines is 1. The van der Waals surface area contributed by atoms with Crippen LogP contribution in [0.3, 0.4) is 0 Å². The molecular formula is C26H22N2O. The molecule has 0 amide bonds. The number of fused-ring (bicyclic) bond motifs is 3. The Morgan fingerprint density at radius 1 is 0.862 bits per heavy atom. The van der Waals surface area contributed by atoms with Crippen LogP contribution in [0, 0.1) is 0 Å². The van der Waals surface area contributed by atoms with Crippen LogP contribution in [0.5, 0.6) is 0 Å². The van der Waals surface area contributed by atoms with Gasteiger partial charge >= 0.3 is 0 Å². The van der Waals surface area contributed by atoms with Gasteiger partial charge in [-0.3, -0.25) is 0 Å². The number of aromatic nitrogens is 1. The average Bonchev–Trinajstić information content (AvgIpc) is 3.50. The van der Waals surface area contributed by atoms with Crippen molar-refractivity contribution in [3.63, 3.8) is 0 Å². The summed E-state index contributed by atoms with van der Waals surface area (Å²) in [5.74, 6) is 0.972. The number of nitrogens with one attached hydrogen (secondary N) is 2. The summed E-state index contributed by atoms with van der Waals surface area (Å²) >= 11 is 0. The molecule has 3 heterocycles. The Labute approximate surface area is 169 Å². The molecule has 29 heavy (non-hydrogen) atoms. The molecule has 1 atom stereocenters. The first-order valence-corrected chi connectivity index (χ1v) is 10.2. The van der Waals surface area contributed by atoms with Crippen molar-refractivity contribution in [3.05, 3.63) is 101 Å². The minimum absolute atomic E-state index is 0.387. The lowest BCUT2D eigenvalue weighted by molar-refractivity contribution is 0.474. The summed E-state index contributed by atoms with van der Waals surface area (Å²) in [6.07, 6.45) is 3.06. The summed E-state index contributed by atoms with van der Waals surface area (Å²) in [6.45, 7) is 3.29. The van der Waals surface area contributed by atoms with Gasteiger partial charge in [0.25, 0.3) is 0 Å². The summed E-state index contributed by atoms with van der Waals surface area (Å²) in [4.78, 5) is 3.30. The fourth-order valence-corrected chi connectivity index (χ4v) is 4.66. The Morgan fingerprint density at radius 3 is 2.66 bits per heavy atom. The van der Waals surface area contributed by atoms with Crippen LogP contribution < -0.4 is 5.32 Å². The summed E-state index contributed by atoms with van der Waals surface area (Å²) in [6, 6.07) is 26.1. The molecule has 1 aliphatic rings. The number of hydrogen-bond donors (Lipinski definition) is 2. The molecule has 0 bridgehead atoms. The fourth-order valence-electron chi connectivity index (χ4n) is 4.66. The molecule has 0 saturated carbocycles. The second kappa shape index (κ2) is 6.02. The first kappa shape index (κ1) is 16.5. The fraction of sp³-hybridized carbons (Fsp3) is 0.154. The maximum absolute atomic E-state index is 6.43. The van der Waals surface area contributed by atoms with Gasteiger partial charge in [0, 0.05) is 29.3 Å². The number of para-hydroxylation sites is 1. The van der Waals surface area contributed by atoms with E-state index in [0.29, 0.717) is 0 Å². The third kappa shape index (κ3) is 2.44. The van der Waals surface area contributed by atoms with E-state index in [-0.39, 0.29) is 5.41 Å². The van der Waals surface area contributed by atoms with Crippen LogP contribution in [-0.4, -0.2) is 11.5 Å². The lowest BCUT2D eigenvalue weighted by atomic mass is 9.73. The number of furan rings is 1. The van der Waals surface area contributed by atoms with E-state index in [1.807, 2.05) is 18.3 Å². The van der Waals surface area contributed by atoms with Crippen molar-refractivity contribution in [2.45, 2.75) is 18.8 Å². The lowest BCUT2D eigenvalue weighted by Crippen LogP contribution is -2.25. The van der Waals surface area contributed by atoms with Crippen LogP contribution >= 0.6 is 0 Å². The first-order chi connectivity index (χ1) is 14.2. The van der Waals surface area contributed by atoms with E-state index in [0.717, 1.165) is 35.2 Å². The molecule has 3 aromatic carbocycles. The second-order valence-electron chi connectivity index (χ2n) is 8.10. The summed E-state index contributed by atoms with van der Waals surface area (Å²) in [5.41, 5.74) is 6.82. The molecule has 1 unspecified atom stereocenters. The topological polar surface area (TPSA) is 41.0 Å². The molecule has 2 aromatic heterocycles. The molecule has 142 valence electrons. The van der Waals surface area contributed by atoms with Gasteiger partial charge in [0.2, 0.25) is 0 Å². The number of rotatable bonds is 3. The van der Waals surface area contributed by atoms with Gasteiger partial charge in [0.1, 0.15) is 11.3 Å². The van der Waals surface area contributed by atoms with Crippen molar-refractivity contribution in [2.75, 3.05) is 11.9 Å². The predicted molar refractivity (Wildman–Crippen MR) is 119 cm³/mol. The third-order valence-corrected chi connectivity index (χ3v) is 6.44. The minimum Gasteiger partial charge on any atom is -0.460 e. The maximum Gasteiger partial charge on any atom is 0.134 e. The zero-order valence-electron chi connectivity index (χ0n) is 16.3. The van der Waals surface area contributed by atoms with Crippen LogP contribution in [0.2, 0.25) is 0 Å². The second-order valence-corrected chi connectivity index (χ2v) is 8.10. The first-order valence-electron chi connectivity index (χ1n) is 10.2. The Balaban J connectivity index is 1.62. The van der Waals surface area contributed by atoms with E-state index >= 15 is 0 Å². The number of H-pyrrole nitrogens is 1. The highest BCUT2D eigenvalue weighted by molar-refractivity contribution is 5.82. The van der Waals surface area contributed by atoms with Gasteiger partial charge < -0.3 is 14.7 Å². The molecule has 0 fully saturated rings. The van der Waals surface area contributed by atoms with Crippen molar-refractivity contribution in [1.29, 1.82) is 0 Å². The zero-order chi connectivity index (χ0) is 19.4. The molecule has 0 saturated heterocycles. The molecule has 0 aliphatic carbocycles. The van der Waals surface area contributed by atoms with Crippen LogP contribution in [-0.2, 0) is 11.8 Å². The normalized spacial score (nSPS) is 15.3. The summed E-state index contributed by atoms with van der Waals surface area (Å²) in [7, 11) is 0. The van der Waals surface area contributed by atoms with E-state index in [1.165, 1.54) is 27.8 Å². The molecule has 0 spiro atoms. The summed E-state index contributed by atoms with van der Waals surface area (Å²) < 4.78 is 6.43. The monoisotopic (exact) mass is 378 g/mol. The summed E-state index contributed by atoms with van der Waals surface area (Å²) in [5, 5.41) is 5.83. The smallest absolute Gasteiger partial charge is 0.134 e. The Kier molecular flexibility index (Phi) is 3.42. The Bertz CT molecular complexity index is 1320. The zero-order valence-corrected chi connectivity index (χ0v) is 16.3. The highest BCUT2D eigenvalue weighted by Gasteiger charge is 2.35. The van der Waals surface area contributed by atoms with E-state index < -0.39 is 0 Å². The predicted octanol–water partition coefficient (Wildman–Crippen LogP) is 6.24. The largest absolute Gasteiger partial charge is 0.460 e. The molecule has 6 rings (SSSR count). The van der Waals surface area contributed by atoms with Gasteiger partial charge in [-0.15, -0.1) is 0 Å². The lowest BCUT2D eigenvalue weighted by Gasteiger charge is -2.29. The van der Waals surface area contributed by atoms with E-state index in [9.17, 15) is 0 Å². The number of hydrogen-bond acceptors (Lipinski definition) is 2. The van der Waals surface area contributed by atoms with Gasteiger partial charge in [0.15, 0.2) is 0 Å². The third-order valence-electron chi connectivity index (χ3n) is 6.44. The molecule has 2 N–H and O–H groups in total. The molecule has 1 aliphatic heterocycles. The van der Waals surface area contributed by atoms with Crippen molar-refractivity contribution < 1.29 is 4.42 Å². The molecule has 0 radical (unpaired) electrons. The van der Waals surface area contributed by atoms with Crippen molar-refractivity contribution >= 4 is 27.6 Å². The molecule has 3 nitrogen and oxygen atoms in total. The van der Waals surface area contributed by atoms with E-state index in [1.54, 1.807) is 0 Å². The van der Waals surface area contributed by atoms with Crippen molar-refractivity contribution in [2.24, 2.45) is 0 Å². The van der Waals surface area contributed by atoms with Crippen LogP contribution in [0.25, 0.3) is 21.9 Å². The van der Waals surface area contributed by atoms with Gasteiger partial charge in [0.05, 0.1) is 5.41 Å². The van der Waals surface area contributed by atoms with Crippen molar-refractivity contribution in [1.82, 2.24) is 4.98 Å². The van der Waals surface area contributed by atoms with E-state index in [4.69, 9.17) is 4.42 Å². The SMILES string of the molecule is CC(c1ccc2c(c1)CCN2)(c1ccc2[nH]ccc2c1)c1cc2ccccc2o1. The Morgan fingerprint density at radius 2 is 1.72 bits per heavy atom. The average molecular weight is 378 g/mol. The number of benzene rings is 3. The van der Waals surface area contributed by atoms with Crippen LogP contribution in [0.15, 0.2) is 83.4 Å². The Hall–Kier alpha value is -3.46. The quantitative estimate of drug-likeness (QED) is 0.390. The van der Waals surface area contributed by atoms with Gasteiger partial charge in [-0.05, 0) is 71.8 Å². The standard InChI is InChI=1S/C26H22N2O/c1-26(20-6-8-22-17(14-20)10-12-27-22,21-7-9-23-18(15-21)11-13-28-23)25-16-19-4-2-3-5-24(19)29-25/h2-10,12,14-16,27-28H,11,13H2,1H3. The van der Waals surface area contributed by atoms with Gasteiger partial charge in [-0.1, -0.05) is 36.4 Å². The molecule has 3 heteroatoms. The van der Waals surface area contributed by atoms with Crippen molar-refractivity contribution in [3.8, 4) is 0 Å². The van der Waals surface area contributed by atoms with Gasteiger partial charge in [-0.25, -0.2) is 0 Å². The van der Waals surface area contributed by atoms with Crippen LogP contribution in [0.1, 0.15) is 29.4 Å². The number of aromatic amines is 1. The highest BCUT2D eigenvalue weighted by Crippen LogP contribution is 2.43. The van der Waals surface area contributed by atoms with Crippen LogP contribution in [0.4, 0.5) is 5.69 Å². The van der Waals surface area contributed by atoms with Gasteiger partial charge in [-0.2, -0.15) is 0 Å². The maximum atomic E-state index is 6.43. The minimum atomic E-state index is -0.387. The molecule has 5 aromatic rings. The highest BCUT2D eigenvalue weighted by atomic mass is 16.3. The van der Waals surface area contributed by atoms with E-state index in [2.05, 4.69) is 77.9 Å².